The van der Waals surface area contributed by atoms with Crippen LogP contribution in [0.25, 0.3) is 0 Å². The maximum Gasteiger partial charge on any atom is 0.243 e. The molecule has 0 aliphatic carbocycles. The van der Waals surface area contributed by atoms with Crippen LogP contribution in [0.1, 0.15) is 30.0 Å². The normalized spacial score (nSPS) is 12.5. The molecule has 0 unspecified atom stereocenters. The predicted molar refractivity (Wildman–Crippen MR) is 133 cm³/mol. The first-order chi connectivity index (χ1) is 14.6. The van der Waals surface area contributed by atoms with Gasteiger partial charge in [-0.2, -0.15) is 11.8 Å². The summed E-state index contributed by atoms with van der Waals surface area (Å²) in [6, 6.07) is 9.97. The van der Waals surface area contributed by atoms with E-state index < -0.39 is 16.1 Å². The summed E-state index contributed by atoms with van der Waals surface area (Å²) in [5.41, 5.74) is 3.39. The molecule has 170 valence electrons. The molecule has 5 nitrogen and oxygen atoms in total. The third-order valence-corrected chi connectivity index (χ3v) is 7.80. The highest BCUT2D eigenvalue weighted by Crippen LogP contribution is 2.28. The number of sulfonamides is 1. The standard InChI is InChI=1S/C22H28Cl2N2O3S2/c1-5-21(26(31(4,28)29)17-10-9-15(2)16(3)13-17)22(27)25-11-12-30-14-18-19(23)7-6-8-20(18)24/h6-10,13,21H,5,11-12,14H2,1-4H3,(H,25,27)/t21-/m1/s1. The van der Waals surface area contributed by atoms with Gasteiger partial charge in [-0.25, -0.2) is 8.42 Å². The van der Waals surface area contributed by atoms with Crippen molar-refractivity contribution in [3.05, 3.63) is 63.1 Å². The van der Waals surface area contributed by atoms with E-state index in [4.69, 9.17) is 23.2 Å². The number of rotatable bonds is 10. The summed E-state index contributed by atoms with van der Waals surface area (Å²) in [5.74, 6) is 0.957. The number of anilines is 1. The summed E-state index contributed by atoms with van der Waals surface area (Å²) in [6.07, 6.45) is 1.48. The number of nitrogens with zero attached hydrogens (tertiary/aromatic N) is 1. The summed E-state index contributed by atoms with van der Waals surface area (Å²) in [7, 11) is -3.65. The lowest BCUT2D eigenvalue weighted by Gasteiger charge is -2.30. The second kappa shape index (κ2) is 11.5. The molecule has 0 saturated carbocycles. The van der Waals surface area contributed by atoms with E-state index in [-0.39, 0.29) is 5.91 Å². The summed E-state index contributed by atoms with van der Waals surface area (Å²) >= 11 is 14.0. The van der Waals surface area contributed by atoms with Crippen LogP contribution >= 0.6 is 35.0 Å². The van der Waals surface area contributed by atoms with Crippen molar-refractivity contribution in [2.75, 3.05) is 22.9 Å². The summed E-state index contributed by atoms with van der Waals surface area (Å²) in [6.45, 7) is 6.09. The van der Waals surface area contributed by atoms with E-state index in [2.05, 4.69) is 5.32 Å². The quantitative estimate of drug-likeness (QED) is 0.453. The Labute approximate surface area is 199 Å². The minimum absolute atomic E-state index is 0.317. The number of thioether (sulfide) groups is 1. The van der Waals surface area contributed by atoms with Crippen LogP contribution < -0.4 is 9.62 Å². The fourth-order valence-electron chi connectivity index (χ4n) is 3.13. The van der Waals surface area contributed by atoms with Gasteiger partial charge in [0.15, 0.2) is 0 Å². The van der Waals surface area contributed by atoms with Gasteiger partial charge in [-0.15, -0.1) is 0 Å². The number of aryl methyl sites for hydroxylation is 2. The average Bonchev–Trinajstić information content (AvgIpc) is 2.69. The minimum atomic E-state index is -3.65. The molecule has 0 aromatic heterocycles. The third kappa shape index (κ3) is 7.04. The number of nitrogens with one attached hydrogen (secondary N) is 1. The minimum Gasteiger partial charge on any atom is -0.353 e. The van der Waals surface area contributed by atoms with E-state index in [9.17, 15) is 13.2 Å². The Balaban J connectivity index is 2.02. The van der Waals surface area contributed by atoms with Crippen LogP contribution in [0.4, 0.5) is 5.69 Å². The van der Waals surface area contributed by atoms with Crippen molar-refractivity contribution in [3.63, 3.8) is 0 Å². The van der Waals surface area contributed by atoms with Gasteiger partial charge in [0.1, 0.15) is 6.04 Å². The highest BCUT2D eigenvalue weighted by Gasteiger charge is 2.31. The molecule has 9 heteroatoms. The van der Waals surface area contributed by atoms with Crippen LogP contribution in [-0.2, 0) is 20.6 Å². The van der Waals surface area contributed by atoms with Crippen LogP contribution in [0, 0.1) is 13.8 Å². The molecule has 2 aromatic rings. The average molecular weight is 504 g/mol. The van der Waals surface area contributed by atoms with Crippen LogP contribution in [-0.4, -0.2) is 38.9 Å². The molecule has 1 atom stereocenters. The molecule has 0 aliphatic heterocycles. The van der Waals surface area contributed by atoms with E-state index in [1.165, 1.54) is 4.31 Å². The molecule has 1 amide bonds. The Morgan fingerprint density at radius 3 is 2.32 bits per heavy atom. The molecule has 0 bridgehead atoms. The van der Waals surface area contributed by atoms with Crippen molar-refractivity contribution < 1.29 is 13.2 Å². The number of hydrogen-bond donors (Lipinski definition) is 1. The van der Waals surface area contributed by atoms with Crippen molar-refractivity contribution in [1.82, 2.24) is 5.32 Å². The van der Waals surface area contributed by atoms with Crippen molar-refractivity contribution in [3.8, 4) is 0 Å². The van der Waals surface area contributed by atoms with E-state index >= 15 is 0 Å². The molecule has 31 heavy (non-hydrogen) atoms. The molecule has 0 fully saturated rings. The van der Waals surface area contributed by atoms with Crippen LogP contribution in [0.5, 0.6) is 0 Å². The van der Waals surface area contributed by atoms with E-state index in [0.717, 1.165) is 22.9 Å². The van der Waals surface area contributed by atoms with E-state index in [0.29, 0.717) is 40.2 Å². The van der Waals surface area contributed by atoms with Crippen LogP contribution in [0.15, 0.2) is 36.4 Å². The topological polar surface area (TPSA) is 66.5 Å². The zero-order chi connectivity index (χ0) is 23.2. The van der Waals surface area contributed by atoms with Gasteiger partial charge in [-0.3, -0.25) is 9.10 Å². The Hall–Kier alpha value is -1.41. The molecule has 0 saturated heterocycles. The second-order valence-corrected chi connectivity index (χ2v) is 11.1. The Morgan fingerprint density at radius 1 is 1.13 bits per heavy atom. The van der Waals surface area contributed by atoms with Gasteiger partial charge < -0.3 is 5.32 Å². The Kier molecular flexibility index (Phi) is 9.55. The number of carbonyl (C=O) groups is 1. The van der Waals surface area contributed by atoms with Gasteiger partial charge in [0.2, 0.25) is 15.9 Å². The maximum absolute atomic E-state index is 12.9. The molecular weight excluding hydrogens is 475 g/mol. The SMILES string of the molecule is CC[C@H](C(=O)NCCSCc1c(Cl)cccc1Cl)N(c1ccc(C)c(C)c1)S(C)(=O)=O. The van der Waals surface area contributed by atoms with E-state index in [1.807, 2.05) is 19.9 Å². The smallest absolute Gasteiger partial charge is 0.243 e. The molecular formula is C22H28Cl2N2O3S2. The van der Waals surface area contributed by atoms with Crippen molar-refractivity contribution in [2.24, 2.45) is 0 Å². The Morgan fingerprint density at radius 2 is 1.77 bits per heavy atom. The molecule has 1 N–H and O–H groups in total. The van der Waals surface area contributed by atoms with Crippen molar-refractivity contribution in [2.45, 2.75) is 39.0 Å². The number of halogens is 2. The number of hydrogen-bond acceptors (Lipinski definition) is 4. The Bertz CT molecular complexity index is 1010. The lowest BCUT2D eigenvalue weighted by atomic mass is 10.1. The second-order valence-electron chi connectivity index (χ2n) is 7.30. The third-order valence-electron chi connectivity index (χ3n) is 4.93. The van der Waals surface area contributed by atoms with Gasteiger partial charge in [-0.05, 0) is 61.2 Å². The van der Waals surface area contributed by atoms with Gasteiger partial charge in [0.25, 0.3) is 0 Å². The van der Waals surface area contributed by atoms with Gasteiger partial charge in [0.05, 0.1) is 11.9 Å². The molecule has 2 rings (SSSR count). The van der Waals surface area contributed by atoms with E-state index in [1.54, 1.807) is 49.0 Å². The highest BCUT2D eigenvalue weighted by atomic mass is 35.5. The number of benzene rings is 2. The predicted octanol–water partition coefficient (Wildman–Crippen LogP) is 5.20. The zero-order valence-corrected chi connectivity index (χ0v) is 21.3. The first-order valence-corrected chi connectivity index (χ1v) is 13.7. The van der Waals surface area contributed by atoms with Crippen molar-refractivity contribution in [1.29, 1.82) is 0 Å². The first kappa shape index (κ1) is 25.8. The lowest BCUT2D eigenvalue weighted by molar-refractivity contribution is -0.122. The highest BCUT2D eigenvalue weighted by molar-refractivity contribution is 7.98. The molecule has 2 aromatic carbocycles. The number of amides is 1. The molecule has 0 radical (unpaired) electrons. The van der Waals surface area contributed by atoms with Crippen LogP contribution in [0.2, 0.25) is 10.0 Å². The largest absolute Gasteiger partial charge is 0.353 e. The van der Waals surface area contributed by atoms with Gasteiger partial charge in [-0.1, -0.05) is 42.3 Å². The molecule has 0 spiro atoms. The molecule has 0 aliphatic rings. The summed E-state index contributed by atoms with van der Waals surface area (Å²) in [4.78, 5) is 12.9. The number of carbonyl (C=O) groups excluding carboxylic acids is 1. The fourth-order valence-corrected chi connectivity index (χ4v) is 5.93. The summed E-state index contributed by atoms with van der Waals surface area (Å²) < 4.78 is 26.3. The zero-order valence-electron chi connectivity index (χ0n) is 18.1. The fraction of sp³-hybridized carbons (Fsp3) is 0.409. The van der Waals surface area contributed by atoms with Gasteiger partial charge >= 0.3 is 0 Å². The lowest BCUT2D eigenvalue weighted by Crippen LogP contribution is -2.49. The summed E-state index contributed by atoms with van der Waals surface area (Å²) in [5, 5.41) is 4.10. The first-order valence-electron chi connectivity index (χ1n) is 9.91. The van der Waals surface area contributed by atoms with Crippen LogP contribution in [0.3, 0.4) is 0 Å². The van der Waals surface area contributed by atoms with Gasteiger partial charge in [0, 0.05) is 28.1 Å². The monoisotopic (exact) mass is 502 g/mol. The van der Waals surface area contributed by atoms with Crippen molar-refractivity contribution >= 4 is 56.6 Å². The molecule has 0 heterocycles. The maximum atomic E-state index is 12.9.